The molecule has 0 bridgehead atoms. The largest absolute Gasteiger partial charge is 0.374 e. The number of likely N-dealkylation sites (tertiary alicyclic amines) is 1. The topological polar surface area (TPSA) is 56.6 Å². The average Bonchev–Trinajstić information content (AvgIpc) is 3.03. The predicted octanol–water partition coefficient (Wildman–Crippen LogP) is 1.39. The molecular formula is C16H25N3O2. The summed E-state index contributed by atoms with van der Waals surface area (Å²) in [7, 11) is 0. The molecule has 0 radical (unpaired) electrons. The van der Waals surface area contributed by atoms with Gasteiger partial charge >= 0.3 is 0 Å². The minimum Gasteiger partial charge on any atom is -0.374 e. The molecule has 1 saturated carbocycles. The number of morpholine rings is 1. The van der Waals surface area contributed by atoms with E-state index in [4.69, 9.17) is 4.74 Å². The number of piperidine rings is 1. The van der Waals surface area contributed by atoms with E-state index < -0.39 is 5.41 Å². The summed E-state index contributed by atoms with van der Waals surface area (Å²) in [5, 5.41) is 9.57. The van der Waals surface area contributed by atoms with E-state index in [0.717, 1.165) is 51.7 Å². The zero-order chi connectivity index (χ0) is 14.9. The lowest BCUT2D eigenvalue weighted by molar-refractivity contribution is -0.159. The number of hydrogen-bond acceptors (Lipinski definition) is 4. The van der Waals surface area contributed by atoms with Crippen LogP contribution in [0.15, 0.2) is 0 Å². The first-order chi connectivity index (χ1) is 10.2. The molecule has 3 fully saturated rings. The lowest BCUT2D eigenvalue weighted by Gasteiger charge is -2.48. The van der Waals surface area contributed by atoms with Crippen molar-refractivity contribution in [1.29, 1.82) is 5.26 Å². The van der Waals surface area contributed by atoms with Crippen molar-refractivity contribution in [3.63, 3.8) is 0 Å². The van der Waals surface area contributed by atoms with Gasteiger partial charge in [-0.2, -0.15) is 5.26 Å². The van der Waals surface area contributed by atoms with Gasteiger partial charge in [0, 0.05) is 19.6 Å². The van der Waals surface area contributed by atoms with Crippen molar-refractivity contribution in [2.45, 2.75) is 51.2 Å². The van der Waals surface area contributed by atoms with Gasteiger partial charge in [-0.1, -0.05) is 19.8 Å². The third-order valence-electron chi connectivity index (χ3n) is 5.46. The van der Waals surface area contributed by atoms with Crippen LogP contribution in [0.25, 0.3) is 0 Å². The summed E-state index contributed by atoms with van der Waals surface area (Å²) >= 11 is 0. The Morgan fingerprint density at radius 3 is 2.81 bits per heavy atom. The van der Waals surface area contributed by atoms with E-state index in [1.807, 2.05) is 4.90 Å². The Morgan fingerprint density at radius 1 is 1.38 bits per heavy atom. The fourth-order valence-corrected chi connectivity index (χ4v) is 4.10. The number of fused-ring (bicyclic) bond motifs is 1. The van der Waals surface area contributed by atoms with Crippen molar-refractivity contribution in [3.05, 3.63) is 0 Å². The van der Waals surface area contributed by atoms with E-state index in [1.165, 1.54) is 0 Å². The number of nitriles is 1. The van der Waals surface area contributed by atoms with E-state index >= 15 is 0 Å². The molecule has 116 valence electrons. The van der Waals surface area contributed by atoms with Gasteiger partial charge in [0.2, 0.25) is 5.91 Å². The van der Waals surface area contributed by atoms with Crippen LogP contribution < -0.4 is 0 Å². The molecule has 0 aromatic rings. The van der Waals surface area contributed by atoms with E-state index in [-0.39, 0.29) is 18.1 Å². The lowest BCUT2D eigenvalue weighted by Crippen LogP contribution is -2.63. The molecular weight excluding hydrogens is 266 g/mol. The predicted molar refractivity (Wildman–Crippen MR) is 78.5 cm³/mol. The molecule has 21 heavy (non-hydrogen) atoms. The monoisotopic (exact) mass is 291 g/mol. The minimum atomic E-state index is -0.754. The summed E-state index contributed by atoms with van der Waals surface area (Å²) < 4.78 is 5.88. The fraction of sp³-hybridized carbons (Fsp3) is 0.875. The first-order valence-corrected chi connectivity index (χ1v) is 8.26. The Bertz CT molecular complexity index is 439. The second kappa shape index (κ2) is 5.94. The van der Waals surface area contributed by atoms with Gasteiger partial charge in [0.1, 0.15) is 5.41 Å². The molecule has 1 amide bonds. The summed E-state index contributed by atoms with van der Waals surface area (Å²) in [6.45, 7) is 6.34. The molecule has 0 aromatic carbocycles. The SMILES string of the molecule is CCN1CC[C@H]2OCCN(C(=O)C3(C#N)CCCC3)[C@H]2C1. The van der Waals surface area contributed by atoms with Gasteiger partial charge < -0.3 is 14.5 Å². The summed E-state index contributed by atoms with van der Waals surface area (Å²) in [5.41, 5.74) is -0.754. The number of rotatable bonds is 2. The quantitative estimate of drug-likeness (QED) is 0.771. The number of amides is 1. The van der Waals surface area contributed by atoms with Crippen LogP contribution in [-0.4, -0.2) is 60.6 Å². The highest BCUT2D eigenvalue weighted by Gasteiger charge is 2.48. The Hall–Kier alpha value is -1.12. The van der Waals surface area contributed by atoms with Crippen LogP contribution in [0.1, 0.15) is 39.0 Å². The van der Waals surface area contributed by atoms with Crippen molar-refractivity contribution < 1.29 is 9.53 Å². The van der Waals surface area contributed by atoms with Crippen LogP contribution in [0.3, 0.4) is 0 Å². The van der Waals surface area contributed by atoms with Gasteiger partial charge in [-0.25, -0.2) is 0 Å². The molecule has 0 unspecified atom stereocenters. The summed E-state index contributed by atoms with van der Waals surface area (Å²) in [6, 6.07) is 2.48. The second-order valence-electron chi connectivity index (χ2n) is 6.56. The Kier molecular flexibility index (Phi) is 4.19. The number of carbonyl (C=O) groups excluding carboxylic acids is 1. The molecule has 3 rings (SSSR count). The zero-order valence-electron chi connectivity index (χ0n) is 12.9. The van der Waals surface area contributed by atoms with Crippen molar-refractivity contribution in [1.82, 2.24) is 9.80 Å². The van der Waals surface area contributed by atoms with Gasteiger partial charge in [-0.15, -0.1) is 0 Å². The van der Waals surface area contributed by atoms with E-state index in [0.29, 0.717) is 13.2 Å². The standard InChI is InChI=1S/C16H25N3O2/c1-2-18-8-5-14-13(11-18)19(9-10-21-14)15(20)16(12-17)6-3-4-7-16/h13-14H,2-11H2,1H3/t13-,14+/m0/s1. The van der Waals surface area contributed by atoms with Crippen LogP contribution >= 0.6 is 0 Å². The molecule has 2 aliphatic heterocycles. The van der Waals surface area contributed by atoms with E-state index in [9.17, 15) is 10.1 Å². The molecule has 0 spiro atoms. The molecule has 5 nitrogen and oxygen atoms in total. The number of nitrogens with zero attached hydrogens (tertiary/aromatic N) is 3. The van der Waals surface area contributed by atoms with Crippen molar-refractivity contribution in [2.75, 3.05) is 32.8 Å². The highest BCUT2D eigenvalue weighted by molar-refractivity contribution is 5.86. The third kappa shape index (κ3) is 2.56. The maximum Gasteiger partial charge on any atom is 0.243 e. The molecule has 1 aliphatic carbocycles. The Labute approximate surface area is 126 Å². The highest BCUT2D eigenvalue weighted by Crippen LogP contribution is 2.40. The Balaban J connectivity index is 1.79. The fourth-order valence-electron chi connectivity index (χ4n) is 4.10. The number of likely N-dealkylation sites (N-methyl/N-ethyl adjacent to an activating group) is 1. The van der Waals surface area contributed by atoms with Crippen molar-refractivity contribution >= 4 is 5.91 Å². The van der Waals surface area contributed by atoms with Gasteiger partial charge in [0.05, 0.1) is 24.8 Å². The molecule has 3 aliphatic rings. The third-order valence-corrected chi connectivity index (χ3v) is 5.46. The molecule has 2 saturated heterocycles. The maximum absolute atomic E-state index is 13.0. The maximum atomic E-state index is 13.0. The first-order valence-electron chi connectivity index (χ1n) is 8.26. The van der Waals surface area contributed by atoms with Gasteiger partial charge in [0.25, 0.3) is 0 Å². The number of hydrogen-bond donors (Lipinski definition) is 0. The van der Waals surface area contributed by atoms with Crippen LogP contribution in [0.5, 0.6) is 0 Å². The molecule has 2 atom stereocenters. The average molecular weight is 291 g/mol. The highest BCUT2D eigenvalue weighted by atomic mass is 16.5. The molecule has 5 heteroatoms. The summed E-state index contributed by atoms with van der Waals surface area (Å²) in [6.07, 6.45) is 4.60. The Morgan fingerprint density at radius 2 is 2.14 bits per heavy atom. The number of ether oxygens (including phenoxy) is 1. The summed E-state index contributed by atoms with van der Waals surface area (Å²) in [5.74, 6) is 0.0683. The van der Waals surface area contributed by atoms with Crippen molar-refractivity contribution in [3.8, 4) is 6.07 Å². The molecule has 2 heterocycles. The van der Waals surface area contributed by atoms with Gasteiger partial charge in [0.15, 0.2) is 0 Å². The van der Waals surface area contributed by atoms with E-state index in [1.54, 1.807) is 0 Å². The lowest BCUT2D eigenvalue weighted by atomic mass is 9.84. The normalized spacial score (nSPS) is 32.5. The van der Waals surface area contributed by atoms with Crippen molar-refractivity contribution in [2.24, 2.45) is 5.41 Å². The summed E-state index contributed by atoms with van der Waals surface area (Å²) in [4.78, 5) is 17.4. The molecule has 0 N–H and O–H groups in total. The van der Waals surface area contributed by atoms with Crippen LogP contribution in [0.2, 0.25) is 0 Å². The van der Waals surface area contributed by atoms with E-state index in [2.05, 4.69) is 17.9 Å². The zero-order valence-corrected chi connectivity index (χ0v) is 12.9. The van der Waals surface area contributed by atoms with Crippen LogP contribution in [0.4, 0.5) is 0 Å². The van der Waals surface area contributed by atoms with Crippen LogP contribution in [-0.2, 0) is 9.53 Å². The first kappa shape index (κ1) is 14.8. The number of carbonyl (C=O) groups is 1. The van der Waals surface area contributed by atoms with Gasteiger partial charge in [-0.05, 0) is 25.8 Å². The van der Waals surface area contributed by atoms with Crippen LogP contribution in [0, 0.1) is 16.7 Å². The van der Waals surface area contributed by atoms with Gasteiger partial charge in [-0.3, -0.25) is 4.79 Å². The second-order valence-corrected chi connectivity index (χ2v) is 6.56. The minimum absolute atomic E-state index is 0.0683. The molecule has 0 aromatic heterocycles. The smallest absolute Gasteiger partial charge is 0.243 e.